The van der Waals surface area contributed by atoms with E-state index in [2.05, 4.69) is 0 Å². The number of nitrogens with zero attached hydrogens (tertiary/aromatic N) is 1. The van der Waals surface area contributed by atoms with Gasteiger partial charge in [-0.3, -0.25) is 9.59 Å². The lowest BCUT2D eigenvalue weighted by molar-refractivity contribution is 0.0897. The van der Waals surface area contributed by atoms with Crippen molar-refractivity contribution in [1.82, 2.24) is 0 Å². The third-order valence-electron chi connectivity index (χ3n) is 4.83. The van der Waals surface area contributed by atoms with Crippen molar-refractivity contribution in [2.75, 3.05) is 18.1 Å². The second-order valence-corrected chi connectivity index (χ2v) is 7.45. The highest BCUT2D eigenvalue weighted by Crippen LogP contribution is 2.25. The van der Waals surface area contributed by atoms with Gasteiger partial charge in [0.2, 0.25) is 0 Å². The minimum Gasteiger partial charge on any atom is -0.491 e. The zero-order valence-corrected chi connectivity index (χ0v) is 17.0. The summed E-state index contributed by atoms with van der Waals surface area (Å²) in [5.41, 5.74) is 3.35. The quantitative estimate of drug-likeness (QED) is 0.449. The molecule has 0 bridgehead atoms. The van der Waals surface area contributed by atoms with Crippen LogP contribution in [0.15, 0.2) is 72.8 Å². The SMILES string of the molecule is Cc1cc(C)cc(C(=O)N(C(=O)c2ccccc2)c2ccc(OCC3CO3)cc2)c1. The van der Waals surface area contributed by atoms with Crippen molar-refractivity contribution in [3.63, 3.8) is 0 Å². The van der Waals surface area contributed by atoms with Gasteiger partial charge in [0.1, 0.15) is 18.5 Å². The third-order valence-corrected chi connectivity index (χ3v) is 4.83. The topological polar surface area (TPSA) is 59.1 Å². The number of carbonyl (C=O) groups excluding carboxylic acids is 2. The fourth-order valence-corrected chi connectivity index (χ4v) is 3.31. The van der Waals surface area contributed by atoms with Gasteiger partial charge in [-0.1, -0.05) is 35.4 Å². The van der Waals surface area contributed by atoms with Crippen molar-refractivity contribution in [2.45, 2.75) is 20.0 Å². The Balaban J connectivity index is 1.67. The number of epoxide rings is 1. The predicted molar refractivity (Wildman–Crippen MR) is 115 cm³/mol. The molecular formula is C25H23NO4. The Morgan fingerprint density at radius 3 is 2.10 bits per heavy atom. The normalized spacial score (nSPS) is 14.8. The molecule has 5 nitrogen and oxygen atoms in total. The second-order valence-electron chi connectivity index (χ2n) is 7.45. The predicted octanol–water partition coefficient (Wildman–Crippen LogP) is 4.57. The van der Waals surface area contributed by atoms with E-state index in [0.717, 1.165) is 17.7 Å². The van der Waals surface area contributed by atoms with Crippen molar-refractivity contribution in [1.29, 1.82) is 0 Å². The summed E-state index contributed by atoms with van der Waals surface area (Å²) < 4.78 is 10.8. The lowest BCUT2D eigenvalue weighted by Gasteiger charge is -2.22. The number of benzene rings is 3. The first kappa shape index (κ1) is 19.9. The fourth-order valence-electron chi connectivity index (χ4n) is 3.31. The lowest BCUT2D eigenvalue weighted by Crippen LogP contribution is -2.37. The molecule has 0 aliphatic carbocycles. The van der Waals surface area contributed by atoms with Crippen LogP contribution in [0.4, 0.5) is 5.69 Å². The van der Waals surface area contributed by atoms with Crippen LogP contribution in [0.5, 0.6) is 5.75 Å². The highest BCUT2D eigenvalue weighted by molar-refractivity contribution is 6.25. The Hall–Kier alpha value is -3.44. The van der Waals surface area contributed by atoms with Crippen molar-refractivity contribution in [3.8, 4) is 5.75 Å². The molecule has 1 fully saturated rings. The average molecular weight is 401 g/mol. The summed E-state index contributed by atoms with van der Waals surface area (Å²) in [4.78, 5) is 27.9. The molecule has 0 radical (unpaired) electrons. The van der Waals surface area contributed by atoms with Crippen LogP contribution in [0.3, 0.4) is 0 Å². The lowest BCUT2D eigenvalue weighted by atomic mass is 10.1. The Morgan fingerprint density at radius 1 is 0.900 bits per heavy atom. The van der Waals surface area contributed by atoms with Crippen molar-refractivity contribution in [2.24, 2.45) is 0 Å². The Labute approximate surface area is 175 Å². The summed E-state index contributed by atoms with van der Waals surface area (Å²) in [5, 5.41) is 0. The van der Waals surface area contributed by atoms with Crippen LogP contribution in [0, 0.1) is 13.8 Å². The molecule has 152 valence electrons. The summed E-state index contributed by atoms with van der Waals surface area (Å²) in [6.45, 7) is 5.08. The highest BCUT2D eigenvalue weighted by Gasteiger charge is 2.27. The van der Waals surface area contributed by atoms with Gasteiger partial charge in [-0.25, -0.2) is 4.90 Å². The van der Waals surface area contributed by atoms with E-state index in [1.165, 1.54) is 4.90 Å². The first-order valence-electron chi connectivity index (χ1n) is 9.88. The molecule has 5 heteroatoms. The molecule has 1 aliphatic rings. The van der Waals surface area contributed by atoms with Crippen LogP contribution in [0.1, 0.15) is 31.8 Å². The average Bonchev–Trinajstić information content (AvgIpc) is 3.58. The first-order valence-corrected chi connectivity index (χ1v) is 9.88. The summed E-state index contributed by atoms with van der Waals surface area (Å²) in [7, 11) is 0. The van der Waals surface area contributed by atoms with E-state index in [9.17, 15) is 9.59 Å². The Bertz CT molecular complexity index is 1040. The molecule has 1 heterocycles. The number of rotatable bonds is 6. The zero-order chi connectivity index (χ0) is 21.1. The molecule has 0 saturated carbocycles. The molecule has 3 aromatic carbocycles. The van der Waals surface area contributed by atoms with E-state index in [-0.39, 0.29) is 17.9 Å². The molecule has 1 saturated heterocycles. The van der Waals surface area contributed by atoms with Gasteiger partial charge >= 0.3 is 0 Å². The van der Waals surface area contributed by atoms with Gasteiger partial charge in [-0.05, 0) is 62.4 Å². The van der Waals surface area contributed by atoms with E-state index in [1.807, 2.05) is 26.0 Å². The summed E-state index contributed by atoms with van der Waals surface area (Å²) in [5.74, 6) is -0.0734. The molecule has 0 N–H and O–H groups in total. The number of aryl methyl sites for hydroxylation is 2. The van der Waals surface area contributed by atoms with Crippen LogP contribution < -0.4 is 9.64 Å². The standard InChI is InChI=1S/C25H23NO4/c1-17-12-18(2)14-20(13-17)25(28)26(24(27)19-6-4-3-5-7-19)21-8-10-22(11-9-21)29-15-23-16-30-23/h3-14,23H,15-16H2,1-2H3. The number of hydrogen-bond acceptors (Lipinski definition) is 4. The zero-order valence-electron chi connectivity index (χ0n) is 17.0. The van der Waals surface area contributed by atoms with Gasteiger partial charge in [0.15, 0.2) is 0 Å². The maximum Gasteiger partial charge on any atom is 0.265 e. The number of hydrogen-bond donors (Lipinski definition) is 0. The molecule has 1 unspecified atom stereocenters. The van der Waals surface area contributed by atoms with E-state index in [0.29, 0.717) is 29.2 Å². The van der Waals surface area contributed by atoms with Gasteiger partial charge in [0.25, 0.3) is 11.8 Å². The maximum atomic E-state index is 13.4. The number of amides is 2. The second kappa shape index (κ2) is 8.51. The molecule has 1 aliphatic heterocycles. The minimum absolute atomic E-state index is 0.159. The van der Waals surface area contributed by atoms with Crippen molar-refractivity contribution < 1.29 is 19.1 Å². The van der Waals surface area contributed by atoms with Gasteiger partial charge < -0.3 is 9.47 Å². The number of imide groups is 1. The summed E-state index contributed by atoms with van der Waals surface area (Å²) >= 11 is 0. The summed E-state index contributed by atoms with van der Waals surface area (Å²) in [6, 6.07) is 21.4. The van der Waals surface area contributed by atoms with Crippen LogP contribution in [-0.4, -0.2) is 31.1 Å². The van der Waals surface area contributed by atoms with Crippen LogP contribution >= 0.6 is 0 Å². The van der Waals surface area contributed by atoms with E-state index < -0.39 is 0 Å². The minimum atomic E-state index is -0.375. The molecule has 0 aromatic heterocycles. The molecule has 0 spiro atoms. The Kier molecular flexibility index (Phi) is 5.63. The van der Waals surface area contributed by atoms with Gasteiger partial charge in [0, 0.05) is 11.1 Å². The van der Waals surface area contributed by atoms with Crippen LogP contribution in [0.25, 0.3) is 0 Å². The van der Waals surface area contributed by atoms with Crippen molar-refractivity contribution in [3.05, 3.63) is 95.1 Å². The molecule has 4 rings (SSSR count). The Morgan fingerprint density at radius 2 is 1.50 bits per heavy atom. The number of carbonyl (C=O) groups is 2. The third kappa shape index (κ3) is 4.58. The van der Waals surface area contributed by atoms with E-state index in [1.54, 1.807) is 60.7 Å². The monoisotopic (exact) mass is 401 g/mol. The largest absolute Gasteiger partial charge is 0.491 e. The van der Waals surface area contributed by atoms with Crippen molar-refractivity contribution >= 4 is 17.5 Å². The highest BCUT2D eigenvalue weighted by atomic mass is 16.6. The molecular weight excluding hydrogens is 378 g/mol. The summed E-state index contributed by atoms with van der Waals surface area (Å²) in [6.07, 6.45) is 0.159. The number of ether oxygens (including phenoxy) is 2. The van der Waals surface area contributed by atoms with Crippen LogP contribution in [0.2, 0.25) is 0 Å². The van der Waals surface area contributed by atoms with Gasteiger partial charge in [0.05, 0.1) is 12.3 Å². The molecule has 2 amide bonds. The van der Waals surface area contributed by atoms with E-state index in [4.69, 9.17) is 9.47 Å². The number of anilines is 1. The molecule has 1 atom stereocenters. The first-order chi connectivity index (χ1) is 14.5. The fraction of sp³-hybridized carbons (Fsp3) is 0.200. The molecule has 3 aromatic rings. The van der Waals surface area contributed by atoms with Crippen LogP contribution in [-0.2, 0) is 4.74 Å². The van der Waals surface area contributed by atoms with Gasteiger partial charge in [-0.15, -0.1) is 0 Å². The van der Waals surface area contributed by atoms with E-state index >= 15 is 0 Å². The van der Waals surface area contributed by atoms with Gasteiger partial charge in [-0.2, -0.15) is 0 Å². The maximum absolute atomic E-state index is 13.4. The molecule has 30 heavy (non-hydrogen) atoms. The smallest absolute Gasteiger partial charge is 0.265 e.